The molecule has 2 N–H and O–H groups in total. The zero-order chi connectivity index (χ0) is 10.6. The maximum Gasteiger partial charge on any atom is 0.0794 e. The SMILES string of the molecule is OCC1(NCc2cncs2)CCOCC1. The molecule has 1 aromatic heterocycles. The molecule has 0 aromatic carbocycles. The van der Waals surface area contributed by atoms with Crippen LogP contribution in [0.2, 0.25) is 0 Å². The highest BCUT2D eigenvalue weighted by Gasteiger charge is 2.31. The fourth-order valence-electron chi connectivity index (χ4n) is 1.76. The topological polar surface area (TPSA) is 54.4 Å². The smallest absolute Gasteiger partial charge is 0.0794 e. The Hall–Kier alpha value is -0.490. The molecule has 1 saturated heterocycles. The third kappa shape index (κ3) is 2.75. The van der Waals surface area contributed by atoms with Crippen molar-refractivity contribution in [2.75, 3.05) is 19.8 Å². The van der Waals surface area contributed by atoms with Crippen molar-refractivity contribution in [3.63, 3.8) is 0 Å². The van der Waals surface area contributed by atoms with Crippen LogP contribution in [0, 0.1) is 0 Å². The summed E-state index contributed by atoms with van der Waals surface area (Å²) in [5, 5.41) is 12.9. The molecular formula is C10H16N2O2S. The molecular weight excluding hydrogens is 212 g/mol. The van der Waals surface area contributed by atoms with Crippen LogP contribution in [0.4, 0.5) is 0 Å². The second-order valence-electron chi connectivity index (χ2n) is 3.87. The van der Waals surface area contributed by atoms with E-state index in [9.17, 15) is 5.11 Å². The van der Waals surface area contributed by atoms with Gasteiger partial charge in [-0.1, -0.05) is 0 Å². The molecule has 5 heteroatoms. The van der Waals surface area contributed by atoms with E-state index in [2.05, 4.69) is 10.3 Å². The van der Waals surface area contributed by atoms with Crippen LogP contribution in [0.5, 0.6) is 0 Å². The van der Waals surface area contributed by atoms with Gasteiger partial charge in [0.2, 0.25) is 0 Å². The number of aliphatic hydroxyl groups is 1. The second kappa shape index (κ2) is 5.03. The molecule has 0 aliphatic carbocycles. The summed E-state index contributed by atoms with van der Waals surface area (Å²) in [6, 6.07) is 0. The van der Waals surface area contributed by atoms with Gasteiger partial charge in [0.25, 0.3) is 0 Å². The van der Waals surface area contributed by atoms with Gasteiger partial charge in [-0.05, 0) is 12.8 Å². The average molecular weight is 228 g/mol. The number of aromatic nitrogens is 1. The lowest BCUT2D eigenvalue weighted by molar-refractivity contribution is 0.0113. The fraction of sp³-hybridized carbons (Fsp3) is 0.700. The lowest BCUT2D eigenvalue weighted by Gasteiger charge is -2.36. The number of nitrogens with zero attached hydrogens (tertiary/aromatic N) is 1. The van der Waals surface area contributed by atoms with E-state index in [0.29, 0.717) is 0 Å². The van der Waals surface area contributed by atoms with Crippen LogP contribution in [0.3, 0.4) is 0 Å². The maximum atomic E-state index is 9.44. The lowest BCUT2D eigenvalue weighted by Crippen LogP contribution is -2.51. The second-order valence-corrected chi connectivity index (χ2v) is 4.84. The standard InChI is InChI=1S/C10H16N2O2S/c13-7-10(1-3-14-4-2-10)12-6-9-5-11-8-15-9/h5,8,12-13H,1-4,6-7H2. The molecule has 1 aliphatic rings. The molecule has 1 fully saturated rings. The van der Waals surface area contributed by atoms with Crippen LogP contribution in [0.1, 0.15) is 17.7 Å². The van der Waals surface area contributed by atoms with Crippen molar-refractivity contribution in [3.05, 3.63) is 16.6 Å². The Labute approximate surface area is 93.3 Å². The zero-order valence-electron chi connectivity index (χ0n) is 8.61. The highest BCUT2D eigenvalue weighted by atomic mass is 32.1. The van der Waals surface area contributed by atoms with E-state index in [1.807, 2.05) is 11.7 Å². The Morgan fingerprint density at radius 3 is 2.93 bits per heavy atom. The fourth-order valence-corrected chi connectivity index (χ4v) is 2.29. The van der Waals surface area contributed by atoms with Crippen LogP contribution in [-0.4, -0.2) is 35.5 Å². The molecule has 1 aromatic rings. The molecule has 0 radical (unpaired) electrons. The van der Waals surface area contributed by atoms with Gasteiger partial charge in [-0.3, -0.25) is 4.98 Å². The van der Waals surface area contributed by atoms with E-state index in [1.165, 1.54) is 4.88 Å². The van der Waals surface area contributed by atoms with Crippen molar-refractivity contribution >= 4 is 11.3 Å². The molecule has 2 rings (SSSR count). The molecule has 1 aliphatic heterocycles. The van der Waals surface area contributed by atoms with Crippen LogP contribution >= 0.6 is 11.3 Å². The molecule has 0 unspecified atom stereocenters. The third-order valence-electron chi connectivity index (χ3n) is 2.87. The van der Waals surface area contributed by atoms with E-state index in [0.717, 1.165) is 32.6 Å². The summed E-state index contributed by atoms with van der Waals surface area (Å²) in [6.45, 7) is 2.42. The van der Waals surface area contributed by atoms with E-state index >= 15 is 0 Å². The highest BCUT2D eigenvalue weighted by Crippen LogP contribution is 2.21. The number of thiazole rings is 1. The quantitative estimate of drug-likeness (QED) is 0.799. The average Bonchev–Trinajstić information content (AvgIpc) is 2.81. The third-order valence-corrected chi connectivity index (χ3v) is 3.65. The molecule has 0 saturated carbocycles. The van der Waals surface area contributed by atoms with Crippen molar-refractivity contribution in [2.24, 2.45) is 0 Å². The number of aliphatic hydroxyl groups excluding tert-OH is 1. The summed E-state index contributed by atoms with van der Waals surface area (Å²) in [7, 11) is 0. The summed E-state index contributed by atoms with van der Waals surface area (Å²) in [6.07, 6.45) is 3.62. The van der Waals surface area contributed by atoms with E-state index in [-0.39, 0.29) is 12.1 Å². The minimum absolute atomic E-state index is 0.151. The minimum Gasteiger partial charge on any atom is -0.394 e. The van der Waals surface area contributed by atoms with Crippen molar-refractivity contribution in [2.45, 2.75) is 24.9 Å². The summed E-state index contributed by atoms with van der Waals surface area (Å²) in [5.74, 6) is 0. The van der Waals surface area contributed by atoms with Gasteiger partial charge >= 0.3 is 0 Å². The first-order valence-corrected chi connectivity index (χ1v) is 6.04. The van der Waals surface area contributed by atoms with Gasteiger partial charge in [0.05, 0.1) is 12.1 Å². The molecule has 0 atom stereocenters. The van der Waals surface area contributed by atoms with Gasteiger partial charge in [-0.15, -0.1) is 11.3 Å². The van der Waals surface area contributed by atoms with Gasteiger partial charge in [0.1, 0.15) is 0 Å². The summed E-state index contributed by atoms with van der Waals surface area (Å²) in [5.41, 5.74) is 1.68. The van der Waals surface area contributed by atoms with Crippen LogP contribution in [-0.2, 0) is 11.3 Å². The summed E-state index contributed by atoms with van der Waals surface area (Å²) >= 11 is 1.63. The lowest BCUT2D eigenvalue weighted by atomic mass is 9.91. The van der Waals surface area contributed by atoms with Crippen LogP contribution < -0.4 is 5.32 Å². The summed E-state index contributed by atoms with van der Waals surface area (Å²) in [4.78, 5) is 5.23. The molecule has 15 heavy (non-hydrogen) atoms. The van der Waals surface area contributed by atoms with E-state index in [1.54, 1.807) is 11.3 Å². The first kappa shape index (κ1) is 11.0. The highest BCUT2D eigenvalue weighted by molar-refractivity contribution is 7.09. The molecule has 0 spiro atoms. The predicted octanol–water partition coefficient (Wildman–Crippen LogP) is 0.774. The Bertz CT molecular complexity index is 284. The Morgan fingerprint density at radius 2 is 2.33 bits per heavy atom. The van der Waals surface area contributed by atoms with Gasteiger partial charge in [0, 0.05) is 36.4 Å². The predicted molar refractivity (Wildman–Crippen MR) is 58.8 cm³/mol. The van der Waals surface area contributed by atoms with Gasteiger partial charge < -0.3 is 15.2 Å². The normalized spacial score (nSPS) is 20.3. The summed E-state index contributed by atoms with van der Waals surface area (Å²) < 4.78 is 5.30. The zero-order valence-corrected chi connectivity index (χ0v) is 9.42. The molecule has 2 heterocycles. The number of rotatable bonds is 4. The molecule has 0 amide bonds. The largest absolute Gasteiger partial charge is 0.394 e. The Balaban J connectivity index is 1.89. The molecule has 4 nitrogen and oxygen atoms in total. The Morgan fingerprint density at radius 1 is 1.53 bits per heavy atom. The van der Waals surface area contributed by atoms with Crippen molar-refractivity contribution in [1.82, 2.24) is 10.3 Å². The van der Waals surface area contributed by atoms with Crippen molar-refractivity contribution in [3.8, 4) is 0 Å². The first-order valence-electron chi connectivity index (χ1n) is 5.16. The minimum atomic E-state index is -0.151. The number of hydrogen-bond donors (Lipinski definition) is 2. The van der Waals surface area contributed by atoms with Gasteiger partial charge in [-0.25, -0.2) is 0 Å². The number of nitrogens with one attached hydrogen (secondary N) is 1. The molecule has 0 bridgehead atoms. The van der Waals surface area contributed by atoms with Gasteiger partial charge in [-0.2, -0.15) is 0 Å². The van der Waals surface area contributed by atoms with Crippen molar-refractivity contribution in [1.29, 1.82) is 0 Å². The number of hydrogen-bond acceptors (Lipinski definition) is 5. The Kier molecular flexibility index (Phi) is 3.69. The monoisotopic (exact) mass is 228 g/mol. The van der Waals surface area contributed by atoms with Crippen molar-refractivity contribution < 1.29 is 9.84 Å². The maximum absolute atomic E-state index is 9.44. The van der Waals surface area contributed by atoms with E-state index in [4.69, 9.17) is 4.74 Å². The van der Waals surface area contributed by atoms with Crippen LogP contribution in [0.15, 0.2) is 11.7 Å². The van der Waals surface area contributed by atoms with Crippen LogP contribution in [0.25, 0.3) is 0 Å². The number of ether oxygens (including phenoxy) is 1. The first-order chi connectivity index (χ1) is 7.35. The van der Waals surface area contributed by atoms with Gasteiger partial charge in [0.15, 0.2) is 0 Å². The molecule has 84 valence electrons. The van der Waals surface area contributed by atoms with E-state index < -0.39 is 0 Å².